The largest absolute Gasteiger partial charge is 0.340 e. The topological polar surface area (TPSA) is 80.0 Å². The number of hydrogen-bond acceptors (Lipinski definition) is 6. The summed E-state index contributed by atoms with van der Waals surface area (Å²) in [5.41, 5.74) is -0.168. The van der Waals surface area contributed by atoms with E-state index in [-0.39, 0.29) is 29.0 Å². The van der Waals surface area contributed by atoms with Crippen LogP contribution in [-0.2, 0) is 5.67 Å². The highest BCUT2D eigenvalue weighted by molar-refractivity contribution is 5.98. The van der Waals surface area contributed by atoms with Gasteiger partial charge >= 0.3 is 0 Å². The average molecular weight is 453 g/mol. The number of likely N-dealkylation sites (tertiary alicyclic amines) is 1. The lowest BCUT2D eigenvalue weighted by molar-refractivity contribution is 0.0781. The first-order valence-electron chi connectivity index (χ1n) is 10.9. The van der Waals surface area contributed by atoms with Gasteiger partial charge in [-0.15, -0.1) is 4.80 Å². The van der Waals surface area contributed by atoms with Crippen LogP contribution in [-0.4, -0.2) is 61.9 Å². The van der Waals surface area contributed by atoms with Gasteiger partial charge in [0.05, 0.1) is 23.7 Å². The van der Waals surface area contributed by atoms with E-state index in [4.69, 9.17) is 0 Å². The second kappa shape index (κ2) is 7.86. The number of fused-ring (bicyclic) bond motifs is 1. The van der Waals surface area contributed by atoms with Gasteiger partial charge in [-0.25, -0.2) is 18.7 Å². The second-order valence-corrected chi connectivity index (χ2v) is 9.26. The smallest absolute Gasteiger partial charge is 0.256 e. The molecule has 2 saturated heterocycles. The van der Waals surface area contributed by atoms with Crippen LogP contribution in [0, 0.1) is 24.6 Å². The van der Waals surface area contributed by atoms with E-state index in [1.807, 2.05) is 6.92 Å². The molecule has 4 heterocycles. The molecule has 2 atom stereocenters. The van der Waals surface area contributed by atoms with Crippen LogP contribution < -0.4 is 4.90 Å². The zero-order valence-corrected chi connectivity index (χ0v) is 18.7. The summed E-state index contributed by atoms with van der Waals surface area (Å²) in [7, 11) is 0. The maximum Gasteiger partial charge on any atom is 0.256 e. The molecule has 0 aliphatic carbocycles. The van der Waals surface area contributed by atoms with Crippen LogP contribution in [0.3, 0.4) is 0 Å². The Morgan fingerprint density at radius 1 is 1.06 bits per heavy atom. The van der Waals surface area contributed by atoms with Crippen molar-refractivity contribution in [2.24, 2.45) is 11.8 Å². The molecule has 33 heavy (non-hydrogen) atoms. The van der Waals surface area contributed by atoms with Crippen molar-refractivity contribution in [2.75, 3.05) is 31.1 Å². The third-order valence-electron chi connectivity index (χ3n) is 6.34. The SMILES string of the molecule is Cc1cc(C(C)(C)F)nc(N2C[C@H]3CN(C(=O)c4cccc(F)c4-n4nccn4)C[C@H]3C2)n1. The van der Waals surface area contributed by atoms with Gasteiger partial charge in [-0.1, -0.05) is 6.07 Å². The van der Waals surface area contributed by atoms with Crippen LogP contribution in [0.15, 0.2) is 36.7 Å². The molecule has 2 aliphatic rings. The number of rotatable bonds is 4. The predicted octanol–water partition coefficient (Wildman–Crippen LogP) is 2.92. The normalized spacial score (nSPS) is 20.4. The van der Waals surface area contributed by atoms with E-state index in [1.54, 1.807) is 17.0 Å². The molecule has 0 saturated carbocycles. The van der Waals surface area contributed by atoms with Crippen molar-refractivity contribution < 1.29 is 13.6 Å². The molecular weight excluding hydrogens is 428 g/mol. The summed E-state index contributed by atoms with van der Waals surface area (Å²) in [4.78, 5) is 27.3. The molecule has 2 aromatic heterocycles. The standard InChI is InChI=1S/C23H25F2N7O/c1-14-9-19(23(2,3)25)29-22(28-14)31-12-15-10-30(11-16(15)13-31)21(33)17-5-4-6-18(24)20(17)32-26-7-8-27-32/h4-9,15-16H,10-13H2,1-3H3/t15-,16+. The first-order chi connectivity index (χ1) is 15.7. The van der Waals surface area contributed by atoms with Gasteiger partial charge in [0.15, 0.2) is 5.82 Å². The number of para-hydroxylation sites is 1. The lowest BCUT2D eigenvalue weighted by atomic mass is 10.0. The zero-order valence-electron chi connectivity index (χ0n) is 18.7. The maximum absolute atomic E-state index is 14.6. The first-order valence-corrected chi connectivity index (χ1v) is 10.9. The van der Waals surface area contributed by atoms with Gasteiger partial charge in [-0.3, -0.25) is 4.79 Å². The Hall–Kier alpha value is -3.43. The minimum atomic E-state index is -1.55. The quantitative estimate of drug-likeness (QED) is 0.604. The van der Waals surface area contributed by atoms with Crippen molar-refractivity contribution in [1.82, 2.24) is 29.9 Å². The minimum absolute atomic E-state index is 0.0562. The highest BCUT2D eigenvalue weighted by Crippen LogP contribution is 2.35. The van der Waals surface area contributed by atoms with Gasteiger partial charge in [0.2, 0.25) is 5.95 Å². The summed E-state index contributed by atoms with van der Waals surface area (Å²) in [6, 6.07) is 6.09. The van der Waals surface area contributed by atoms with Gasteiger partial charge in [-0.05, 0) is 39.0 Å². The fraction of sp³-hybridized carbons (Fsp3) is 0.435. The van der Waals surface area contributed by atoms with E-state index in [9.17, 15) is 13.6 Å². The van der Waals surface area contributed by atoms with E-state index in [0.29, 0.717) is 37.8 Å². The highest BCUT2D eigenvalue weighted by Gasteiger charge is 2.43. The Morgan fingerprint density at radius 2 is 1.73 bits per heavy atom. The molecule has 10 heteroatoms. The van der Waals surface area contributed by atoms with Crippen molar-refractivity contribution in [1.29, 1.82) is 0 Å². The molecule has 5 rings (SSSR count). The Morgan fingerprint density at radius 3 is 2.36 bits per heavy atom. The van der Waals surface area contributed by atoms with E-state index >= 15 is 0 Å². The number of halogens is 2. The number of carbonyl (C=O) groups is 1. The number of nitrogens with zero attached hydrogens (tertiary/aromatic N) is 7. The number of aryl methyl sites for hydroxylation is 1. The molecule has 2 fully saturated rings. The Kier molecular flexibility index (Phi) is 5.10. The zero-order chi connectivity index (χ0) is 23.3. The van der Waals surface area contributed by atoms with E-state index in [0.717, 1.165) is 10.5 Å². The lowest BCUT2D eigenvalue weighted by Crippen LogP contribution is -2.34. The molecule has 3 aromatic rings. The predicted molar refractivity (Wildman–Crippen MR) is 117 cm³/mol. The van der Waals surface area contributed by atoms with Gasteiger partial charge in [0.25, 0.3) is 5.91 Å². The van der Waals surface area contributed by atoms with E-state index in [1.165, 1.54) is 38.4 Å². The Balaban J connectivity index is 1.33. The van der Waals surface area contributed by atoms with Crippen molar-refractivity contribution in [3.05, 3.63) is 59.4 Å². The van der Waals surface area contributed by atoms with E-state index < -0.39 is 11.5 Å². The molecule has 1 aromatic carbocycles. The second-order valence-electron chi connectivity index (χ2n) is 9.26. The fourth-order valence-corrected chi connectivity index (χ4v) is 4.71. The monoisotopic (exact) mass is 453 g/mol. The fourth-order valence-electron chi connectivity index (χ4n) is 4.71. The number of carbonyl (C=O) groups excluding carboxylic acids is 1. The number of hydrogen-bond donors (Lipinski definition) is 0. The third kappa shape index (κ3) is 3.94. The summed E-state index contributed by atoms with van der Waals surface area (Å²) in [6.45, 7) is 7.27. The number of anilines is 1. The maximum atomic E-state index is 14.6. The number of aromatic nitrogens is 5. The summed E-state index contributed by atoms with van der Waals surface area (Å²) in [5, 5.41) is 7.99. The Labute approximate surface area is 190 Å². The number of amides is 1. The molecule has 172 valence electrons. The van der Waals surface area contributed by atoms with Gasteiger partial charge in [-0.2, -0.15) is 10.2 Å². The molecule has 0 N–H and O–H groups in total. The molecule has 1 amide bonds. The molecule has 0 bridgehead atoms. The minimum Gasteiger partial charge on any atom is -0.340 e. The average Bonchev–Trinajstić information content (AvgIpc) is 3.48. The molecule has 0 radical (unpaired) electrons. The Bertz CT molecular complexity index is 1180. The van der Waals surface area contributed by atoms with Crippen molar-refractivity contribution in [2.45, 2.75) is 26.4 Å². The first kappa shape index (κ1) is 21.4. The van der Waals surface area contributed by atoms with Gasteiger partial charge in [0, 0.05) is 43.7 Å². The van der Waals surface area contributed by atoms with Crippen LogP contribution in [0.5, 0.6) is 0 Å². The van der Waals surface area contributed by atoms with Crippen LogP contribution in [0.1, 0.15) is 35.6 Å². The lowest BCUT2D eigenvalue weighted by Gasteiger charge is -2.24. The summed E-state index contributed by atoms with van der Waals surface area (Å²) in [6.07, 6.45) is 2.89. The van der Waals surface area contributed by atoms with Crippen molar-refractivity contribution in [3.63, 3.8) is 0 Å². The van der Waals surface area contributed by atoms with Crippen LogP contribution >= 0.6 is 0 Å². The number of benzene rings is 1. The summed E-state index contributed by atoms with van der Waals surface area (Å²) in [5.74, 6) is 0.210. The van der Waals surface area contributed by atoms with Gasteiger partial charge < -0.3 is 9.80 Å². The van der Waals surface area contributed by atoms with Crippen LogP contribution in [0.2, 0.25) is 0 Å². The highest BCUT2D eigenvalue weighted by atomic mass is 19.1. The molecule has 0 unspecified atom stereocenters. The summed E-state index contributed by atoms with van der Waals surface area (Å²) < 4.78 is 29.0. The molecule has 8 nitrogen and oxygen atoms in total. The third-order valence-corrected chi connectivity index (χ3v) is 6.34. The van der Waals surface area contributed by atoms with Crippen molar-refractivity contribution in [3.8, 4) is 5.69 Å². The number of alkyl halides is 1. The van der Waals surface area contributed by atoms with E-state index in [2.05, 4.69) is 25.1 Å². The molecule has 2 aliphatic heterocycles. The van der Waals surface area contributed by atoms with Crippen LogP contribution in [0.25, 0.3) is 5.69 Å². The van der Waals surface area contributed by atoms with Crippen LogP contribution in [0.4, 0.5) is 14.7 Å². The summed E-state index contributed by atoms with van der Waals surface area (Å²) >= 11 is 0. The molecular formula is C23H25F2N7O. The van der Waals surface area contributed by atoms with Gasteiger partial charge in [0.1, 0.15) is 11.4 Å². The van der Waals surface area contributed by atoms with Crippen molar-refractivity contribution >= 4 is 11.9 Å². The molecule has 0 spiro atoms.